The Balaban J connectivity index is 1.73. The van der Waals surface area contributed by atoms with Gasteiger partial charge in [0.15, 0.2) is 0 Å². The summed E-state index contributed by atoms with van der Waals surface area (Å²) in [5.41, 5.74) is 0.658. The van der Waals surface area contributed by atoms with E-state index in [1.807, 2.05) is 0 Å². The SMILES string of the molecule is COc1ccc(NC(=O)CN2C(=O)c3cc(Cl)c(Cl)cc3C2=O)cn1. The number of nitrogens with one attached hydrogen (secondary N) is 1. The number of methoxy groups -OCH3 is 1. The maximum absolute atomic E-state index is 12.3. The van der Waals surface area contributed by atoms with Crippen molar-refractivity contribution in [2.45, 2.75) is 0 Å². The van der Waals surface area contributed by atoms with Crippen LogP contribution in [0.3, 0.4) is 0 Å². The van der Waals surface area contributed by atoms with E-state index in [1.165, 1.54) is 25.4 Å². The van der Waals surface area contributed by atoms with Crippen LogP contribution in [0.4, 0.5) is 5.69 Å². The fourth-order valence-electron chi connectivity index (χ4n) is 2.35. The lowest BCUT2D eigenvalue weighted by molar-refractivity contribution is -0.116. The van der Waals surface area contributed by atoms with Gasteiger partial charge in [-0.25, -0.2) is 4.98 Å². The van der Waals surface area contributed by atoms with Crippen LogP contribution in [0.25, 0.3) is 0 Å². The van der Waals surface area contributed by atoms with Crippen LogP contribution in [0, 0.1) is 0 Å². The Morgan fingerprint density at radius 1 is 1.16 bits per heavy atom. The van der Waals surface area contributed by atoms with Crippen molar-refractivity contribution in [3.63, 3.8) is 0 Å². The van der Waals surface area contributed by atoms with Crippen LogP contribution in [0.2, 0.25) is 10.0 Å². The molecule has 25 heavy (non-hydrogen) atoms. The number of pyridine rings is 1. The van der Waals surface area contributed by atoms with E-state index in [9.17, 15) is 14.4 Å². The second-order valence-electron chi connectivity index (χ2n) is 5.15. The Morgan fingerprint density at radius 3 is 2.24 bits per heavy atom. The largest absolute Gasteiger partial charge is 0.481 e. The summed E-state index contributed by atoms with van der Waals surface area (Å²) in [5.74, 6) is -1.34. The fourth-order valence-corrected chi connectivity index (χ4v) is 2.67. The maximum Gasteiger partial charge on any atom is 0.262 e. The van der Waals surface area contributed by atoms with Gasteiger partial charge in [-0.05, 0) is 18.2 Å². The minimum absolute atomic E-state index is 0.123. The van der Waals surface area contributed by atoms with Crippen LogP contribution in [-0.4, -0.2) is 41.3 Å². The van der Waals surface area contributed by atoms with Crippen LogP contribution in [-0.2, 0) is 4.79 Å². The molecule has 7 nitrogen and oxygen atoms in total. The zero-order valence-corrected chi connectivity index (χ0v) is 14.4. The van der Waals surface area contributed by atoms with Crippen molar-refractivity contribution in [2.75, 3.05) is 19.0 Å². The molecule has 0 fully saturated rings. The van der Waals surface area contributed by atoms with Gasteiger partial charge in [0.05, 0.1) is 40.2 Å². The van der Waals surface area contributed by atoms with Crippen LogP contribution < -0.4 is 10.1 Å². The molecule has 3 rings (SSSR count). The second kappa shape index (κ2) is 6.70. The van der Waals surface area contributed by atoms with Gasteiger partial charge in [-0.1, -0.05) is 23.2 Å². The van der Waals surface area contributed by atoms with Gasteiger partial charge in [0.25, 0.3) is 11.8 Å². The van der Waals surface area contributed by atoms with Gasteiger partial charge >= 0.3 is 0 Å². The number of imide groups is 1. The van der Waals surface area contributed by atoms with Crippen LogP contribution in [0.15, 0.2) is 30.5 Å². The van der Waals surface area contributed by atoms with Crippen molar-refractivity contribution in [3.8, 4) is 5.88 Å². The lowest BCUT2D eigenvalue weighted by Crippen LogP contribution is -2.37. The number of anilines is 1. The van der Waals surface area contributed by atoms with Crippen molar-refractivity contribution < 1.29 is 19.1 Å². The smallest absolute Gasteiger partial charge is 0.262 e. The number of carbonyl (C=O) groups is 3. The molecule has 3 amide bonds. The molecule has 0 aliphatic carbocycles. The van der Waals surface area contributed by atoms with Crippen molar-refractivity contribution in [1.82, 2.24) is 9.88 Å². The summed E-state index contributed by atoms with van der Waals surface area (Å²) in [7, 11) is 1.47. The van der Waals surface area contributed by atoms with Crippen LogP contribution in [0.1, 0.15) is 20.7 Å². The maximum atomic E-state index is 12.3. The Morgan fingerprint density at radius 2 is 1.76 bits per heavy atom. The minimum atomic E-state index is -0.596. The third-order valence-electron chi connectivity index (χ3n) is 3.54. The molecule has 0 saturated heterocycles. The summed E-state index contributed by atoms with van der Waals surface area (Å²) in [6, 6.07) is 5.81. The minimum Gasteiger partial charge on any atom is -0.481 e. The van der Waals surface area contributed by atoms with E-state index in [2.05, 4.69) is 10.3 Å². The predicted octanol–water partition coefficient (Wildman–Crippen LogP) is 2.63. The number of benzene rings is 1. The molecule has 0 unspecified atom stereocenters. The molecule has 0 saturated carbocycles. The number of hydrogen-bond donors (Lipinski definition) is 1. The Labute approximate surface area is 152 Å². The van der Waals surface area contributed by atoms with Gasteiger partial charge in [-0.15, -0.1) is 0 Å². The number of ether oxygens (including phenoxy) is 1. The number of halogens is 2. The Bertz CT molecular complexity index is 843. The molecule has 0 radical (unpaired) electrons. The highest BCUT2D eigenvalue weighted by Gasteiger charge is 2.37. The van der Waals surface area contributed by atoms with Crippen molar-refractivity contribution >= 4 is 46.6 Å². The molecular weight excluding hydrogens is 369 g/mol. The number of rotatable bonds is 4. The summed E-state index contributed by atoms with van der Waals surface area (Å²) in [5, 5.41) is 2.88. The van der Waals surface area contributed by atoms with Gasteiger partial charge in [0.1, 0.15) is 6.54 Å². The quantitative estimate of drug-likeness (QED) is 0.824. The average Bonchev–Trinajstić information content (AvgIpc) is 2.81. The van der Waals surface area contributed by atoms with E-state index in [1.54, 1.807) is 12.1 Å². The average molecular weight is 380 g/mol. The third kappa shape index (κ3) is 3.29. The molecule has 2 heterocycles. The molecule has 1 aromatic heterocycles. The summed E-state index contributed by atoms with van der Waals surface area (Å²) >= 11 is 11.8. The van der Waals surface area contributed by atoms with E-state index in [-0.39, 0.29) is 21.2 Å². The van der Waals surface area contributed by atoms with E-state index >= 15 is 0 Å². The van der Waals surface area contributed by atoms with Gasteiger partial charge in [0.2, 0.25) is 11.8 Å². The zero-order chi connectivity index (χ0) is 18.1. The highest BCUT2D eigenvalue weighted by atomic mass is 35.5. The first kappa shape index (κ1) is 17.2. The first-order chi connectivity index (χ1) is 11.9. The molecule has 1 aliphatic heterocycles. The Hall–Kier alpha value is -2.64. The van der Waals surface area contributed by atoms with Crippen LogP contribution >= 0.6 is 23.2 Å². The standard InChI is InChI=1S/C16H11Cl2N3O4/c1-25-14-3-2-8(6-19-14)20-13(22)7-21-15(23)9-4-11(17)12(18)5-10(9)16(21)24/h2-6H,7H2,1H3,(H,20,22). The molecule has 0 spiro atoms. The highest BCUT2D eigenvalue weighted by molar-refractivity contribution is 6.43. The van der Waals surface area contributed by atoms with Gasteiger partial charge in [-0.2, -0.15) is 0 Å². The van der Waals surface area contributed by atoms with Crippen molar-refractivity contribution in [3.05, 3.63) is 51.6 Å². The molecule has 1 aliphatic rings. The van der Waals surface area contributed by atoms with Crippen molar-refractivity contribution in [2.24, 2.45) is 0 Å². The lowest BCUT2D eigenvalue weighted by Gasteiger charge is -2.13. The van der Waals surface area contributed by atoms with E-state index in [0.717, 1.165) is 4.90 Å². The highest BCUT2D eigenvalue weighted by Crippen LogP contribution is 2.31. The van der Waals surface area contributed by atoms with E-state index < -0.39 is 24.3 Å². The molecule has 1 N–H and O–H groups in total. The monoisotopic (exact) mass is 379 g/mol. The van der Waals surface area contributed by atoms with E-state index in [4.69, 9.17) is 27.9 Å². The summed E-state index contributed by atoms with van der Waals surface area (Å²) < 4.78 is 4.92. The number of carbonyl (C=O) groups excluding carboxylic acids is 3. The third-order valence-corrected chi connectivity index (χ3v) is 4.26. The number of fused-ring (bicyclic) bond motifs is 1. The molecule has 0 bridgehead atoms. The lowest BCUT2D eigenvalue weighted by atomic mass is 10.1. The fraction of sp³-hybridized carbons (Fsp3) is 0.125. The van der Waals surface area contributed by atoms with Crippen LogP contribution in [0.5, 0.6) is 5.88 Å². The zero-order valence-electron chi connectivity index (χ0n) is 12.9. The number of nitrogens with zero attached hydrogens (tertiary/aromatic N) is 2. The van der Waals surface area contributed by atoms with Gasteiger partial charge in [-0.3, -0.25) is 19.3 Å². The van der Waals surface area contributed by atoms with Gasteiger partial charge in [0, 0.05) is 6.07 Å². The van der Waals surface area contributed by atoms with E-state index in [0.29, 0.717) is 11.6 Å². The van der Waals surface area contributed by atoms with Gasteiger partial charge < -0.3 is 10.1 Å². The molecule has 128 valence electrons. The molecule has 2 aromatic rings. The summed E-state index contributed by atoms with van der Waals surface area (Å²) in [6.45, 7) is -0.437. The summed E-state index contributed by atoms with van der Waals surface area (Å²) in [6.07, 6.45) is 1.40. The molecule has 0 atom stereocenters. The number of hydrogen-bond acceptors (Lipinski definition) is 5. The first-order valence-electron chi connectivity index (χ1n) is 7.06. The molecule has 9 heteroatoms. The number of amides is 3. The molecular formula is C16H11Cl2N3O4. The first-order valence-corrected chi connectivity index (χ1v) is 7.81. The Kier molecular flexibility index (Phi) is 4.61. The normalized spacial score (nSPS) is 13.0. The second-order valence-corrected chi connectivity index (χ2v) is 5.96. The topological polar surface area (TPSA) is 88.6 Å². The molecule has 1 aromatic carbocycles. The summed E-state index contributed by atoms with van der Waals surface area (Å²) in [4.78, 5) is 41.6. The number of aromatic nitrogens is 1. The predicted molar refractivity (Wildman–Crippen MR) is 91.2 cm³/mol. The van der Waals surface area contributed by atoms with Crippen molar-refractivity contribution in [1.29, 1.82) is 0 Å².